The largest absolute Gasteiger partial charge is 0.472 e. The van der Waals surface area contributed by atoms with E-state index in [4.69, 9.17) is 37.0 Å². The van der Waals surface area contributed by atoms with Crippen molar-refractivity contribution in [2.24, 2.45) is 23.7 Å². The molecule has 0 spiro atoms. The molecule has 0 rings (SSSR count). The van der Waals surface area contributed by atoms with Crippen LogP contribution >= 0.6 is 15.6 Å². The van der Waals surface area contributed by atoms with Gasteiger partial charge in [-0.1, -0.05) is 396 Å². The summed E-state index contributed by atoms with van der Waals surface area (Å²) in [5, 5.41) is 10.7. The molecule has 0 aliphatic heterocycles. The number of carbonyl (C=O) groups is 4. The number of ether oxygens (including phenoxy) is 4. The van der Waals surface area contributed by atoms with Crippen LogP contribution in [0.2, 0.25) is 0 Å². The average molecular weight is 1540 g/mol. The van der Waals surface area contributed by atoms with Crippen LogP contribution in [-0.2, 0) is 65.4 Å². The topological polar surface area (TPSA) is 237 Å². The van der Waals surface area contributed by atoms with Gasteiger partial charge in [0.1, 0.15) is 19.3 Å². The van der Waals surface area contributed by atoms with E-state index in [9.17, 15) is 43.2 Å². The van der Waals surface area contributed by atoms with Gasteiger partial charge in [-0.05, 0) is 49.4 Å². The Hall–Kier alpha value is -1.94. The Balaban J connectivity index is 5.27. The zero-order chi connectivity index (χ0) is 77.4. The Bertz CT molecular complexity index is 2050. The van der Waals surface area contributed by atoms with Gasteiger partial charge in [0, 0.05) is 25.7 Å². The lowest BCUT2D eigenvalue weighted by Crippen LogP contribution is -2.30. The molecule has 0 radical (unpaired) electrons. The summed E-state index contributed by atoms with van der Waals surface area (Å²) in [5.41, 5.74) is 0. The number of aliphatic hydroxyl groups excluding tert-OH is 1. The van der Waals surface area contributed by atoms with E-state index in [1.807, 2.05) is 0 Å². The Morgan fingerprint density at radius 2 is 0.457 bits per heavy atom. The number of phosphoric acid groups is 2. The number of hydrogen-bond donors (Lipinski definition) is 3. The van der Waals surface area contributed by atoms with E-state index in [1.54, 1.807) is 0 Å². The Morgan fingerprint density at radius 1 is 0.267 bits per heavy atom. The van der Waals surface area contributed by atoms with E-state index < -0.39 is 97.5 Å². The molecule has 0 aliphatic rings. The maximum Gasteiger partial charge on any atom is 0.472 e. The van der Waals surface area contributed by atoms with Crippen molar-refractivity contribution in [2.45, 2.75) is 465 Å². The van der Waals surface area contributed by atoms with Crippen molar-refractivity contribution in [2.75, 3.05) is 39.6 Å². The molecule has 624 valence electrons. The number of esters is 4. The first-order valence-corrected chi connectivity index (χ1v) is 47.3. The van der Waals surface area contributed by atoms with Gasteiger partial charge < -0.3 is 33.8 Å². The van der Waals surface area contributed by atoms with E-state index in [0.717, 1.165) is 114 Å². The number of carbonyl (C=O) groups excluding carboxylic acids is 4. The molecule has 4 unspecified atom stereocenters. The maximum absolute atomic E-state index is 13.2. The summed E-state index contributed by atoms with van der Waals surface area (Å²) in [6.07, 6.45) is 63.7. The van der Waals surface area contributed by atoms with Crippen LogP contribution in [0.25, 0.3) is 0 Å². The number of unbranched alkanes of at least 4 members (excludes halogenated alkanes) is 47. The molecule has 0 fully saturated rings. The summed E-state index contributed by atoms with van der Waals surface area (Å²) in [6, 6.07) is 0. The van der Waals surface area contributed by atoms with Crippen LogP contribution in [0, 0.1) is 23.7 Å². The number of hydrogen-bond acceptors (Lipinski definition) is 15. The van der Waals surface area contributed by atoms with Crippen molar-refractivity contribution in [3.8, 4) is 0 Å². The molecule has 7 atom stereocenters. The maximum atomic E-state index is 13.2. The summed E-state index contributed by atoms with van der Waals surface area (Å²) in [5.74, 6) is 1.12. The zero-order valence-corrected chi connectivity index (χ0v) is 71.2. The monoisotopic (exact) mass is 1540 g/mol. The average Bonchev–Trinajstić information content (AvgIpc) is 0.913. The van der Waals surface area contributed by atoms with Gasteiger partial charge in [-0.25, -0.2) is 9.13 Å². The Morgan fingerprint density at radius 3 is 0.676 bits per heavy atom. The van der Waals surface area contributed by atoms with E-state index >= 15 is 0 Å². The summed E-state index contributed by atoms with van der Waals surface area (Å²) in [7, 11) is -9.93. The number of rotatable bonds is 83. The summed E-state index contributed by atoms with van der Waals surface area (Å²) >= 11 is 0. The molecule has 0 amide bonds. The second kappa shape index (κ2) is 74.8. The molecule has 0 bridgehead atoms. The van der Waals surface area contributed by atoms with Crippen molar-refractivity contribution in [3.63, 3.8) is 0 Å². The molecule has 0 aromatic carbocycles. The van der Waals surface area contributed by atoms with Crippen LogP contribution < -0.4 is 0 Å². The molecular weight excluding hydrogens is 1370 g/mol. The third kappa shape index (κ3) is 77.2. The number of aliphatic hydroxyl groups is 1. The standard InChI is InChI=1S/C86H168O17P2/c1-9-78(7)64-56-48-40-32-26-20-15-16-21-27-33-42-50-58-66-83(88)96-72-81(102-85(90)68-60-52-44-34-28-22-14-12-11-13-18-24-30-38-46-54-62-76(3)4)74-100-104(92,93)98-70-80(87)71-99-105(94,95)101-75-82(73-97-84(89)67-59-51-43-37-36-41-49-57-65-79(8)10-2)103-86(91)69-61-53-45-35-29-23-17-19-25-31-39-47-55-63-77(5)6/h76-82,87H,9-75H2,1-8H3,(H,92,93)(H,94,95)/t78?,79?,80-,81-,82-/m1/s1. The highest BCUT2D eigenvalue weighted by molar-refractivity contribution is 7.47. The van der Waals surface area contributed by atoms with Gasteiger partial charge in [-0.15, -0.1) is 0 Å². The molecule has 17 nitrogen and oxygen atoms in total. The lowest BCUT2D eigenvalue weighted by atomic mass is 9.99. The van der Waals surface area contributed by atoms with E-state index in [2.05, 4.69) is 55.4 Å². The zero-order valence-electron chi connectivity index (χ0n) is 69.4. The Labute approximate surface area is 645 Å². The Kier molecular flexibility index (Phi) is 73.4. The lowest BCUT2D eigenvalue weighted by molar-refractivity contribution is -0.161. The van der Waals surface area contributed by atoms with Gasteiger partial charge in [0.2, 0.25) is 0 Å². The fourth-order valence-corrected chi connectivity index (χ4v) is 14.8. The molecule has 3 N–H and O–H groups in total. The highest BCUT2D eigenvalue weighted by Crippen LogP contribution is 2.45. The molecule has 0 saturated heterocycles. The van der Waals surface area contributed by atoms with Crippen LogP contribution in [0.4, 0.5) is 0 Å². The van der Waals surface area contributed by atoms with Gasteiger partial charge >= 0.3 is 39.5 Å². The van der Waals surface area contributed by atoms with Gasteiger partial charge in [0.05, 0.1) is 26.4 Å². The fraction of sp³-hybridized carbons (Fsp3) is 0.953. The predicted octanol–water partition coefficient (Wildman–Crippen LogP) is 25.9. The number of phosphoric ester groups is 2. The lowest BCUT2D eigenvalue weighted by Gasteiger charge is -2.21. The normalized spacial score (nSPS) is 14.4. The van der Waals surface area contributed by atoms with E-state index in [0.29, 0.717) is 25.7 Å². The van der Waals surface area contributed by atoms with Crippen molar-refractivity contribution < 1.29 is 80.2 Å². The minimum absolute atomic E-state index is 0.107. The van der Waals surface area contributed by atoms with Gasteiger partial charge in [0.15, 0.2) is 12.2 Å². The second-order valence-electron chi connectivity index (χ2n) is 32.4. The summed E-state index contributed by atoms with van der Waals surface area (Å²) in [4.78, 5) is 73.3. The minimum Gasteiger partial charge on any atom is -0.462 e. The second-order valence-corrected chi connectivity index (χ2v) is 35.3. The highest BCUT2D eigenvalue weighted by atomic mass is 31.2. The molecule has 19 heteroatoms. The van der Waals surface area contributed by atoms with Gasteiger partial charge in [0.25, 0.3) is 0 Å². The first-order chi connectivity index (χ1) is 50.7. The van der Waals surface area contributed by atoms with Crippen LogP contribution in [0.5, 0.6) is 0 Å². The molecule has 0 aliphatic carbocycles. The summed E-state index contributed by atoms with van der Waals surface area (Å²) in [6.45, 7) is 14.4. The molecule has 0 aromatic rings. The quantitative estimate of drug-likeness (QED) is 0.0222. The van der Waals surface area contributed by atoms with Crippen molar-refractivity contribution in [1.82, 2.24) is 0 Å². The first kappa shape index (κ1) is 103. The molecule has 0 saturated carbocycles. The molecule has 105 heavy (non-hydrogen) atoms. The van der Waals surface area contributed by atoms with Gasteiger partial charge in [-0.3, -0.25) is 37.3 Å². The summed E-state index contributed by atoms with van der Waals surface area (Å²) < 4.78 is 68.9. The van der Waals surface area contributed by atoms with Crippen LogP contribution in [0.15, 0.2) is 0 Å². The van der Waals surface area contributed by atoms with Crippen molar-refractivity contribution in [3.05, 3.63) is 0 Å². The smallest absolute Gasteiger partial charge is 0.462 e. The van der Waals surface area contributed by atoms with Crippen LogP contribution in [-0.4, -0.2) is 96.7 Å². The van der Waals surface area contributed by atoms with Crippen LogP contribution in [0.3, 0.4) is 0 Å². The van der Waals surface area contributed by atoms with Crippen molar-refractivity contribution >= 4 is 39.5 Å². The third-order valence-corrected chi connectivity index (χ3v) is 22.7. The molecular formula is C86H168O17P2. The van der Waals surface area contributed by atoms with Crippen molar-refractivity contribution in [1.29, 1.82) is 0 Å². The van der Waals surface area contributed by atoms with E-state index in [-0.39, 0.29) is 25.7 Å². The fourth-order valence-electron chi connectivity index (χ4n) is 13.3. The minimum atomic E-state index is -4.97. The molecule has 0 aromatic heterocycles. The van der Waals surface area contributed by atoms with Crippen LogP contribution in [0.1, 0.15) is 447 Å². The SMILES string of the molecule is CCC(C)CCCCCCCCCCCCCCCCC(=O)OC[C@H](COP(=O)(O)OC[C@@H](O)COP(=O)(O)OC[C@@H](COC(=O)CCCCCCCCCCC(C)CC)OC(=O)CCCCCCCCCCCCCCCC(C)C)OC(=O)CCCCCCCCCCCCCCCCCCC(C)C. The third-order valence-electron chi connectivity index (χ3n) is 20.8. The molecule has 0 heterocycles. The first-order valence-electron chi connectivity index (χ1n) is 44.3. The predicted molar refractivity (Wildman–Crippen MR) is 432 cm³/mol. The van der Waals surface area contributed by atoms with Gasteiger partial charge in [-0.2, -0.15) is 0 Å². The van der Waals surface area contributed by atoms with E-state index in [1.165, 1.54) is 250 Å². The highest BCUT2D eigenvalue weighted by Gasteiger charge is 2.31.